The minimum atomic E-state index is -2.62. The van der Waals surface area contributed by atoms with Gasteiger partial charge in [-0.15, -0.1) is 0 Å². The zero-order chi connectivity index (χ0) is 17.4. The van der Waals surface area contributed by atoms with E-state index in [9.17, 15) is 33.9 Å². The first-order chi connectivity index (χ1) is 10.0. The van der Waals surface area contributed by atoms with Crippen molar-refractivity contribution in [1.82, 2.24) is 0 Å². The van der Waals surface area contributed by atoms with Crippen LogP contribution in [0.5, 0.6) is 0 Å². The first-order valence-electron chi connectivity index (χ1n) is 5.05. The van der Waals surface area contributed by atoms with Crippen LogP contribution in [-0.2, 0) is 28.6 Å². The van der Waals surface area contributed by atoms with Crippen molar-refractivity contribution in [2.75, 3.05) is 0 Å². The average molecular weight is 363 g/mol. The maximum Gasteiger partial charge on any atom is 0.513 e. The Morgan fingerprint density at radius 3 is 1.52 bits per heavy atom. The molecule has 0 spiro atoms. The smallest absolute Gasteiger partial charge is 0.449 e. The summed E-state index contributed by atoms with van der Waals surface area (Å²) in [5.74, 6) is -7.65. The largest absolute Gasteiger partial charge is 0.513 e. The molecule has 2 unspecified atom stereocenters. The summed E-state index contributed by atoms with van der Waals surface area (Å²) in [6.07, 6.45) is -10.3. The monoisotopic (exact) mass is 363 g/mol. The van der Waals surface area contributed by atoms with Gasteiger partial charge in [-0.3, -0.25) is 9.59 Å². The Hall–Kier alpha value is -1.58. The molecule has 0 saturated carbocycles. The van der Waals surface area contributed by atoms with Gasteiger partial charge in [0, 0.05) is 51.4 Å². The molecule has 0 rings (SSSR count). The van der Waals surface area contributed by atoms with Gasteiger partial charge in [-0.2, -0.15) is 0 Å². The van der Waals surface area contributed by atoms with Gasteiger partial charge in [-0.25, -0.2) is 19.2 Å². The molecule has 123 valence electrons. The minimum Gasteiger partial charge on any atom is -0.449 e. The number of carbonyl (C=O) groups is 6. The number of carboxylic acid groups (broad SMARTS) is 3. The van der Waals surface area contributed by atoms with Crippen LogP contribution in [0.3, 0.4) is 0 Å². The minimum absolute atomic E-state index is 0. The van der Waals surface area contributed by atoms with Gasteiger partial charge in [-0.1, -0.05) is 0 Å². The van der Waals surface area contributed by atoms with Crippen molar-refractivity contribution in [3.05, 3.63) is 0 Å². The Bertz CT molecular complexity index is 512. The van der Waals surface area contributed by atoms with Crippen molar-refractivity contribution in [2.45, 2.75) is 12.5 Å². The molecule has 0 amide bonds. The number of aliphatic hydroxyl groups excluding tert-OH is 1. The topological polar surface area (TPSA) is 211 Å². The number of ether oxygens (including phenoxy) is 3. The molecule has 0 aromatic heterocycles. The molecule has 0 aliphatic rings. The summed E-state index contributed by atoms with van der Waals surface area (Å²) in [6, 6.07) is 0. The fourth-order valence-corrected chi connectivity index (χ4v) is 1.11. The molecule has 0 fully saturated rings. The van der Waals surface area contributed by atoms with Crippen molar-refractivity contribution < 1.29 is 63.4 Å². The summed E-state index contributed by atoms with van der Waals surface area (Å²) in [6.45, 7) is 0. The first kappa shape index (κ1) is 23.7. The Balaban J connectivity index is 0. The van der Waals surface area contributed by atoms with E-state index in [0.29, 0.717) is 0 Å². The number of hydrogen-bond acceptors (Lipinski definition) is 10. The summed E-state index contributed by atoms with van der Waals surface area (Å²) in [5.41, 5.74) is 0. The van der Waals surface area contributed by atoms with E-state index in [1.165, 1.54) is 0 Å². The normalized spacial score (nSPS) is 11.9. The molecule has 0 aromatic rings. The quantitative estimate of drug-likeness (QED) is 0.192. The van der Waals surface area contributed by atoms with Crippen molar-refractivity contribution in [3.63, 3.8) is 0 Å². The molecule has 0 aromatic carbocycles. The summed E-state index contributed by atoms with van der Waals surface area (Å²) >= 11 is 0. The van der Waals surface area contributed by atoms with Gasteiger partial charge in [0.05, 0.1) is 6.42 Å². The number of esters is 3. The number of aliphatic hydroxyl groups is 1. The molecular weight excluding hydrogens is 355 g/mol. The van der Waals surface area contributed by atoms with Crippen LogP contribution in [0.15, 0.2) is 0 Å². The van der Waals surface area contributed by atoms with Crippen molar-refractivity contribution in [3.8, 4) is 0 Å². The predicted molar refractivity (Wildman–Crippen MR) is 62.2 cm³/mol. The molecule has 0 heterocycles. The summed E-state index contributed by atoms with van der Waals surface area (Å²) in [7, 11) is 0. The third-order valence-corrected chi connectivity index (χ3v) is 1.89. The van der Waals surface area contributed by atoms with E-state index in [0.717, 1.165) is 0 Å². The van der Waals surface area contributed by atoms with E-state index < -0.39 is 54.8 Å². The molecule has 13 nitrogen and oxygen atoms in total. The van der Waals surface area contributed by atoms with Gasteiger partial charge < -0.3 is 34.6 Å². The van der Waals surface area contributed by atoms with Crippen LogP contribution in [0.4, 0.5) is 14.4 Å². The molecule has 23 heavy (non-hydrogen) atoms. The van der Waals surface area contributed by atoms with Gasteiger partial charge in [-0.05, 0) is 0 Å². The second-order valence-electron chi connectivity index (χ2n) is 3.37. The zero-order valence-electron chi connectivity index (χ0n) is 11.3. The van der Waals surface area contributed by atoms with Crippen LogP contribution in [0.2, 0.25) is 0 Å². The third kappa shape index (κ3) is 9.92. The summed E-state index contributed by atoms with van der Waals surface area (Å²) in [4.78, 5) is 63.9. The van der Waals surface area contributed by atoms with E-state index in [1.807, 2.05) is 0 Å². The van der Waals surface area contributed by atoms with E-state index in [2.05, 4.69) is 14.2 Å². The van der Waals surface area contributed by atoms with Crippen molar-refractivity contribution in [1.29, 1.82) is 0 Å². The Labute approximate surface area is 168 Å². The van der Waals surface area contributed by atoms with E-state index in [-0.39, 0.29) is 51.4 Å². The number of carbonyl (C=O) groups excluding carboxylic acids is 3. The zero-order valence-corrected chi connectivity index (χ0v) is 14.4. The maximum absolute atomic E-state index is 11.3. The standard InChI is InChI=1S/C9H8O13.K/c10-3(20-7(14)15)1-2(5(12)21-8(16)17)4(11)6(13)22-9(18)19;/h2,4,11H,1H2,(H,14,15)(H,16,17)(H,18,19);. The van der Waals surface area contributed by atoms with Crippen LogP contribution >= 0.6 is 0 Å². The Morgan fingerprint density at radius 2 is 1.13 bits per heavy atom. The predicted octanol–water partition coefficient (Wildman–Crippen LogP) is -1.36. The van der Waals surface area contributed by atoms with E-state index in [1.54, 1.807) is 0 Å². The fraction of sp³-hybridized carbons (Fsp3) is 0.333. The SMILES string of the molecule is O=C(O)OC(=O)CC(C(=O)OC(=O)O)C(O)C(=O)OC(=O)O.[K]. The van der Waals surface area contributed by atoms with Crippen molar-refractivity contribution >= 4 is 87.8 Å². The van der Waals surface area contributed by atoms with E-state index >= 15 is 0 Å². The number of rotatable bonds is 5. The van der Waals surface area contributed by atoms with Crippen molar-refractivity contribution in [2.24, 2.45) is 5.92 Å². The molecule has 0 bridgehead atoms. The van der Waals surface area contributed by atoms with Crippen LogP contribution in [0.1, 0.15) is 6.42 Å². The van der Waals surface area contributed by atoms with Crippen LogP contribution in [0, 0.1) is 5.92 Å². The molecule has 2 atom stereocenters. The third-order valence-electron chi connectivity index (χ3n) is 1.89. The molecule has 0 saturated heterocycles. The van der Waals surface area contributed by atoms with Crippen LogP contribution in [0.25, 0.3) is 0 Å². The summed E-state index contributed by atoms with van der Waals surface area (Å²) < 4.78 is 10.7. The first-order valence-corrected chi connectivity index (χ1v) is 5.05. The molecule has 0 aliphatic heterocycles. The van der Waals surface area contributed by atoms with E-state index in [4.69, 9.17) is 15.3 Å². The van der Waals surface area contributed by atoms with Crippen LogP contribution < -0.4 is 0 Å². The Kier molecular flexibility index (Phi) is 11.4. The van der Waals surface area contributed by atoms with Gasteiger partial charge in [0.15, 0.2) is 6.10 Å². The molecule has 0 aliphatic carbocycles. The molecule has 1 radical (unpaired) electrons. The molecule has 4 N–H and O–H groups in total. The second-order valence-corrected chi connectivity index (χ2v) is 3.37. The van der Waals surface area contributed by atoms with Gasteiger partial charge in [0.25, 0.3) is 0 Å². The van der Waals surface area contributed by atoms with Gasteiger partial charge in [0.2, 0.25) is 0 Å². The van der Waals surface area contributed by atoms with Gasteiger partial charge >= 0.3 is 36.4 Å². The molecular formula is C9H8KO13. The Morgan fingerprint density at radius 1 is 0.739 bits per heavy atom. The van der Waals surface area contributed by atoms with Crippen LogP contribution in [-0.4, -0.2) is 114 Å². The second kappa shape index (κ2) is 11.0. The average Bonchev–Trinajstić information content (AvgIpc) is 2.32. The molecule has 14 heteroatoms. The fourth-order valence-electron chi connectivity index (χ4n) is 1.11. The number of hydrogen-bond donors (Lipinski definition) is 4. The maximum atomic E-state index is 11.3. The summed E-state index contributed by atoms with van der Waals surface area (Å²) in [5, 5.41) is 34.0. The van der Waals surface area contributed by atoms with Gasteiger partial charge in [0.1, 0.15) is 5.92 Å².